The molecular formula is C13H16N2O3. The van der Waals surface area contributed by atoms with Crippen molar-refractivity contribution in [3.8, 4) is 12.3 Å². The number of likely N-dealkylation sites (tertiary alicyclic amines) is 1. The van der Waals surface area contributed by atoms with Crippen LogP contribution in [0.2, 0.25) is 0 Å². The van der Waals surface area contributed by atoms with Gasteiger partial charge in [-0.25, -0.2) is 0 Å². The van der Waals surface area contributed by atoms with Crippen molar-refractivity contribution < 1.29 is 14.1 Å². The van der Waals surface area contributed by atoms with E-state index in [1.807, 2.05) is 0 Å². The molecular weight excluding hydrogens is 232 g/mol. The van der Waals surface area contributed by atoms with E-state index in [2.05, 4.69) is 11.1 Å². The normalized spacial score (nSPS) is 16.5. The van der Waals surface area contributed by atoms with E-state index >= 15 is 0 Å². The molecule has 0 radical (unpaired) electrons. The van der Waals surface area contributed by atoms with Crippen molar-refractivity contribution in [2.24, 2.45) is 5.92 Å². The Morgan fingerprint density at radius 3 is 3.00 bits per heavy atom. The van der Waals surface area contributed by atoms with Gasteiger partial charge in [-0.05, 0) is 18.8 Å². The monoisotopic (exact) mass is 248 g/mol. The number of ether oxygens (including phenoxy) is 1. The summed E-state index contributed by atoms with van der Waals surface area (Å²) in [6, 6.07) is 1.59. The molecule has 5 nitrogen and oxygen atoms in total. The van der Waals surface area contributed by atoms with Crippen LogP contribution >= 0.6 is 0 Å². The van der Waals surface area contributed by atoms with Crippen molar-refractivity contribution in [3.05, 3.63) is 18.0 Å². The molecule has 2 heterocycles. The van der Waals surface area contributed by atoms with Crippen molar-refractivity contribution >= 4 is 5.91 Å². The lowest BCUT2D eigenvalue weighted by Crippen LogP contribution is -2.39. The lowest BCUT2D eigenvalue weighted by molar-refractivity contribution is 0.0548. The summed E-state index contributed by atoms with van der Waals surface area (Å²) < 4.78 is 10.2. The average molecular weight is 248 g/mol. The van der Waals surface area contributed by atoms with Crippen LogP contribution in [0.3, 0.4) is 0 Å². The van der Waals surface area contributed by atoms with Gasteiger partial charge in [-0.3, -0.25) is 4.79 Å². The minimum atomic E-state index is -0.0875. The average Bonchev–Trinajstić information content (AvgIpc) is 2.93. The topological polar surface area (TPSA) is 55.6 Å². The predicted molar refractivity (Wildman–Crippen MR) is 64.8 cm³/mol. The minimum Gasteiger partial charge on any atom is -0.369 e. The molecule has 0 aromatic carbocycles. The number of hydrogen-bond donors (Lipinski definition) is 0. The number of aromatic nitrogens is 1. The van der Waals surface area contributed by atoms with Crippen LogP contribution in [0.1, 0.15) is 23.4 Å². The molecule has 18 heavy (non-hydrogen) atoms. The van der Waals surface area contributed by atoms with E-state index in [-0.39, 0.29) is 5.91 Å². The van der Waals surface area contributed by atoms with Gasteiger partial charge in [0.05, 0.1) is 12.8 Å². The van der Waals surface area contributed by atoms with Crippen molar-refractivity contribution in [1.82, 2.24) is 10.1 Å². The van der Waals surface area contributed by atoms with Gasteiger partial charge in [-0.1, -0.05) is 11.1 Å². The van der Waals surface area contributed by atoms with Crippen LogP contribution in [0.25, 0.3) is 0 Å². The third-order valence-corrected chi connectivity index (χ3v) is 3.09. The number of amides is 1. The summed E-state index contributed by atoms with van der Waals surface area (Å²) in [6.07, 6.45) is 8.47. The van der Waals surface area contributed by atoms with Gasteiger partial charge in [0.25, 0.3) is 5.91 Å². The first-order chi connectivity index (χ1) is 8.81. The van der Waals surface area contributed by atoms with Crippen LogP contribution < -0.4 is 0 Å². The molecule has 1 aromatic rings. The fourth-order valence-corrected chi connectivity index (χ4v) is 2.07. The lowest BCUT2D eigenvalue weighted by Gasteiger charge is -2.31. The van der Waals surface area contributed by atoms with Gasteiger partial charge in [-0.2, -0.15) is 0 Å². The highest BCUT2D eigenvalue weighted by molar-refractivity contribution is 5.91. The zero-order valence-corrected chi connectivity index (χ0v) is 10.2. The first-order valence-corrected chi connectivity index (χ1v) is 6.02. The highest BCUT2D eigenvalue weighted by Gasteiger charge is 2.25. The third kappa shape index (κ3) is 3.11. The minimum absolute atomic E-state index is 0.0875. The highest BCUT2D eigenvalue weighted by atomic mass is 16.5. The molecule has 1 saturated heterocycles. The molecule has 1 aliphatic rings. The number of terminal acetylenes is 1. The maximum atomic E-state index is 12.0. The molecule has 0 aliphatic carbocycles. The van der Waals surface area contributed by atoms with Crippen molar-refractivity contribution in [3.63, 3.8) is 0 Å². The number of piperidine rings is 1. The zero-order valence-electron chi connectivity index (χ0n) is 10.2. The second kappa shape index (κ2) is 6.22. The van der Waals surface area contributed by atoms with Crippen LogP contribution in [0, 0.1) is 18.3 Å². The van der Waals surface area contributed by atoms with E-state index in [4.69, 9.17) is 15.7 Å². The van der Waals surface area contributed by atoms with Gasteiger partial charge < -0.3 is 14.2 Å². The summed E-state index contributed by atoms with van der Waals surface area (Å²) in [6.45, 7) is 2.49. The quantitative estimate of drug-likeness (QED) is 0.593. The molecule has 2 rings (SSSR count). The molecule has 0 atom stereocenters. The second-order valence-electron chi connectivity index (χ2n) is 4.33. The smallest absolute Gasteiger partial charge is 0.292 e. The predicted octanol–water partition coefficient (Wildman–Crippen LogP) is 1.18. The molecule has 0 N–H and O–H groups in total. The molecule has 1 aromatic heterocycles. The van der Waals surface area contributed by atoms with Gasteiger partial charge in [0.15, 0.2) is 0 Å². The van der Waals surface area contributed by atoms with Crippen molar-refractivity contribution in [2.45, 2.75) is 12.8 Å². The van der Waals surface area contributed by atoms with E-state index in [1.54, 1.807) is 11.0 Å². The summed E-state index contributed by atoms with van der Waals surface area (Å²) >= 11 is 0. The summed E-state index contributed by atoms with van der Waals surface area (Å²) in [7, 11) is 0. The molecule has 1 amide bonds. The van der Waals surface area contributed by atoms with Gasteiger partial charge in [0.1, 0.15) is 6.61 Å². The van der Waals surface area contributed by atoms with Gasteiger partial charge in [0, 0.05) is 19.2 Å². The molecule has 0 bridgehead atoms. The van der Waals surface area contributed by atoms with Crippen LogP contribution in [0.5, 0.6) is 0 Å². The summed E-state index contributed by atoms with van der Waals surface area (Å²) in [5.74, 6) is 3.15. The molecule has 0 spiro atoms. The molecule has 5 heteroatoms. The maximum Gasteiger partial charge on any atom is 0.292 e. The Balaban J connectivity index is 1.77. The Bertz CT molecular complexity index is 414. The van der Waals surface area contributed by atoms with Crippen molar-refractivity contribution in [1.29, 1.82) is 0 Å². The van der Waals surface area contributed by atoms with Crippen LogP contribution in [0.15, 0.2) is 16.8 Å². The van der Waals surface area contributed by atoms with Gasteiger partial charge in [-0.15, -0.1) is 6.42 Å². The second-order valence-corrected chi connectivity index (χ2v) is 4.33. The SMILES string of the molecule is C#CCOCC1CCN(C(=O)c2ccno2)CC1. The van der Waals surface area contributed by atoms with E-state index < -0.39 is 0 Å². The molecule has 0 saturated carbocycles. The Morgan fingerprint density at radius 1 is 1.61 bits per heavy atom. The Hall–Kier alpha value is -1.80. The van der Waals surface area contributed by atoms with Crippen molar-refractivity contribution in [2.75, 3.05) is 26.3 Å². The largest absolute Gasteiger partial charge is 0.369 e. The van der Waals surface area contributed by atoms with Crippen LogP contribution in [-0.4, -0.2) is 42.3 Å². The van der Waals surface area contributed by atoms with Crippen LogP contribution in [-0.2, 0) is 4.74 Å². The van der Waals surface area contributed by atoms with E-state index in [9.17, 15) is 4.79 Å². The Kier molecular flexibility index (Phi) is 4.37. The molecule has 0 unspecified atom stereocenters. The van der Waals surface area contributed by atoms with Gasteiger partial charge >= 0.3 is 0 Å². The first kappa shape index (κ1) is 12.7. The van der Waals surface area contributed by atoms with Gasteiger partial charge in [0.2, 0.25) is 5.76 Å². The molecule has 1 fully saturated rings. The standard InChI is InChI=1S/C13H16N2O3/c1-2-9-17-10-11-4-7-15(8-5-11)13(16)12-3-6-14-18-12/h1,3,6,11H,4-5,7-10H2. The number of nitrogens with zero attached hydrogens (tertiary/aromatic N) is 2. The Morgan fingerprint density at radius 2 is 2.39 bits per heavy atom. The molecule has 1 aliphatic heterocycles. The Labute approximate surface area is 106 Å². The maximum absolute atomic E-state index is 12.0. The summed E-state index contributed by atoms with van der Waals surface area (Å²) in [5.41, 5.74) is 0. The number of rotatable bonds is 4. The lowest BCUT2D eigenvalue weighted by atomic mass is 9.97. The third-order valence-electron chi connectivity index (χ3n) is 3.09. The van der Waals surface area contributed by atoms with Crippen LogP contribution in [0.4, 0.5) is 0 Å². The fraction of sp³-hybridized carbons (Fsp3) is 0.538. The van der Waals surface area contributed by atoms with E-state index in [0.717, 1.165) is 25.9 Å². The number of carbonyl (C=O) groups excluding carboxylic acids is 1. The summed E-state index contributed by atoms with van der Waals surface area (Å²) in [4.78, 5) is 13.8. The summed E-state index contributed by atoms with van der Waals surface area (Å²) in [5, 5.41) is 3.54. The fourth-order valence-electron chi connectivity index (χ4n) is 2.07. The van der Waals surface area contributed by atoms with E-state index in [1.165, 1.54) is 6.20 Å². The van der Waals surface area contributed by atoms with E-state index in [0.29, 0.717) is 24.9 Å². The zero-order chi connectivity index (χ0) is 12.8. The number of hydrogen-bond acceptors (Lipinski definition) is 4. The number of carbonyl (C=O) groups is 1. The highest BCUT2D eigenvalue weighted by Crippen LogP contribution is 2.19. The molecule has 96 valence electrons. The first-order valence-electron chi connectivity index (χ1n) is 6.02.